The lowest BCUT2D eigenvalue weighted by atomic mass is 9.81. The van der Waals surface area contributed by atoms with E-state index in [-0.39, 0.29) is 17.1 Å². The van der Waals surface area contributed by atoms with Gasteiger partial charge in [-0.25, -0.2) is 8.78 Å². The quantitative estimate of drug-likeness (QED) is 0.679. The number of ether oxygens (including phenoxy) is 1. The smallest absolute Gasteiger partial charge is 0.131 e. The third kappa shape index (κ3) is 3.78. The zero-order valence-corrected chi connectivity index (χ0v) is 14.4. The summed E-state index contributed by atoms with van der Waals surface area (Å²) in [5.41, 5.74) is 2.82. The number of aryl methyl sites for hydroxylation is 1. The molecule has 0 spiro atoms. The van der Waals surface area contributed by atoms with Crippen molar-refractivity contribution in [2.45, 2.75) is 40.2 Å². The highest BCUT2D eigenvalue weighted by atomic mass is 19.1. The highest BCUT2D eigenvalue weighted by Crippen LogP contribution is 2.41. The van der Waals surface area contributed by atoms with E-state index in [0.29, 0.717) is 5.56 Å². The summed E-state index contributed by atoms with van der Waals surface area (Å²) in [5.74, 6) is -0.877. The summed E-state index contributed by atoms with van der Waals surface area (Å²) in [6, 6.07) is 9.41. The molecule has 3 heteroatoms. The van der Waals surface area contributed by atoms with Crippen molar-refractivity contribution in [3.05, 3.63) is 59.2 Å². The van der Waals surface area contributed by atoms with Gasteiger partial charge in [-0.3, -0.25) is 0 Å². The fraction of sp³-hybridized carbons (Fsp3) is 0.400. The number of hydrogen-bond donors (Lipinski definition) is 0. The molecule has 2 aromatic rings. The Morgan fingerprint density at radius 2 is 1.70 bits per heavy atom. The fourth-order valence-electron chi connectivity index (χ4n) is 2.95. The van der Waals surface area contributed by atoms with E-state index < -0.39 is 11.6 Å². The normalized spacial score (nSPS) is 13.2. The summed E-state index contributed by atoms with van der Waals surface area (Å²) in [7, 11) is 1.65. The first-order valence-corrected chi connectivity index (χ1v) is 7.89. The van der Waals surface area contributed by atoms with Gasteiger partial charge in [0.1, 0.15) is 11.6 Å². The van der Waals surface area contributed by atoms with Crippen LogP contribution in [0.25, 0.3) is 11.1 Å². The SMILES string of the molecule is CCc1ccc(-c2cc(F)ccc2F)c([C@H](OC)C(C)(C)C)c1. The minimum absolute atomic E-state index is 0.167. The van der Waals surface area contributed by atoms with Gasteiger partial charge in [0.2, 0.25) is 0 Å². The fourth-order valence-corrected chi connectivity index (χ4v) is 2.95. The van der Waals surface area contributed by atoms with E-state index >= 15 is 0 Å². The largest absolute Gasteiger partial charge is 0.376 e. The Labute approximate surface area is 137 Å². The molecule has 0 aliphatic rings. The van der Waals surface area contributed by atoms with Crippen LogP contribution >= 0.6 is 0 Å². The van der Waals surface area contributed by atoms with Crippen LogP contribution in [0.1, 0.15) is 44.9 Å². The molecule has 0 unspecified atom stereocenters. The van der Waals surface area contributed by atoms with Gasteiger partial charge in [-0.15, -0.1) is 0 Å². The summed E-state index contributed by atoms with van der Waals surface area (Å²) in [6.07, 6.45) is 0.658. The van der Waals surface area contributed by atoms with Gasteiger partial charge < -0.3 is 4.74 Å². The second-order valence-corrected chi connectivity index (χ2v) is 6.88. The third-order valence-electron chi connectivity index (χ3n) is 4.05. The molecule has 0 fully saturated rings. The molecule has 2 aromatic carbocycles. The predicted octanol–water partition coefficient (Wildman–Crippen LogP) is 5.93. The molecule has 0 heterocycles. The van der Waals surface area contributed by atoms with Crippen molar-refractivity contribution in [1.82, 2.24) is 0 Å². The van der Waals surface area contributed by atoms with E-state index in [1.807, 2.05) is 18.2 Å². The maximum atomic E-state index is 14.3. The van der Waals surface area contributed by atoms with E-state index in [4.69, 9.17) is 4.74 Å². The molecule has 1 atom stereocenters. The summed E-state index contributed by atoms with van der Waals surface area (Å²) in [5, 5.41) is 0. The lowest BCUT2D eigenvalue weighted by molar-refractivity contribution is 0.0155. The van der Waals surface area contributed by atoms with Gasteiger partial charge in [0.05, 0.1) is 6.10 Å². The summed E-state index contributed by atoms with van der Waals surface area (Å²) in [6.45, 7) is 8.29. The lowest BCUT2D eigenvalue weighted by Gasteiger charge is -2.31. The number of halogens is 2. The summed E-state index contributed by atoms with van der Waals surface area (Å²) >= 11 is 0. The van der Waals surface area contributed by atoms with Crippen molar-refractivity contribution in [3.8, 4) is 11.1 Å². The van der Waals surface area contributed by atoms with Gasteiger partial charge in [-0.05, 0) is 46.7 Å². The Morgan fingerprint density at radius 1 is 1.00 bits per heavy atom. The second-order valence-electron chi connectivity index (χ2n) is 6.88. The number of benzene rings is 2. The van der Waals surface area contributed by atoms with Crippen LogP contribution in [0.15, 0.2) is 36.4 Å². The van der Waals surface area contributed by atoms with Gasteiger partial charge in [0.15, 0.2) is 0 Å². The molecule has 0 saturated heterocycles. The summed E-state index contributed by atoms with van der Waals surface area (Å²) < 4.78 is 33.6. The van der Waals surface area contributed by atoms with Crippen LogP contribution in [-0.4, -0.2) is 7.11 Å². The van der Waals surface area contributed by atoms with Gasteiger partial charge in [0, 0.05) is 12.7 Å². The van der Waals surface area contributed by atoms with Gasteiger partial charge >= 0.3 is 0 Å². The number of methoxy groups -OCH3 is 1. The summed E-state index contributed by atoms with van der Waals surface area (Å²) in [4.78, 5) is 0. The molecule has 0 amide bonds. The maximum absolute atomic E-state index is 14.3. The first-order chi connectivity index (χ1) is 10.8. The van der Waals surface area contributed by atoms with Crippen LogP contribution in [0.4, 0.5) is 8.78 Å². The lowest BCUT2D eigenvalue weighted by Crippen LogP contribution is -2.21. The molecular formula is C20H24F2O. The van der Waals surface area contributed by atoms with Crippen molar-refractivity contribution in [2.24, 2.45) is 5.41 Å². The standard InChI is InChI=1S/C20H24F2O/c1-6-13-7-9-15(16-12-14(21)8-10-18(16)22)17(11-13)19(23-5)20(2,3)4/h7-12,19H,6H2,1-5H3/t19-/m0/s1. The Morgan fingerprint density at radius 3 is 2.26 bits per heavy atom. The zero-order valence-electron chi connectivity index (χ0n) is 14.4. The molecule has 23 heavy (non-hydrogen) atoms. The van der Waals surface area contributed by atoms with E-state index in [2.05, 4.69) is 27.7 Å². The molecule has 124 valence electrons. The van der Waals surface area contributed by atoms with Crippen molar-refractivity contribution < 1.29 is 13.5 Å². The van der Waals surface area contributed by atoms with Crippen molar-refractivity contribution in [2.75, 3.05) is 7.11 Å². The molecule has 0 aromatic heterocycles. The molecule has 0 N–H and O–H groups in total. The van der Waals surface area contributed by atoms with Crippen molar-refractivity contribution in [3.63, 3.8) is 0 Å². The Kier molecular flexibility index (Phi) is 5.20. The molecule has 0 aliphatic carbocycles. The van der Waals surface area contributed by atoms with Crippen molar-refractivity contribution in [1.29, 1.82) is 0 Å². The molecule has 0 bridgehead atoms. The molecule has 0 radical (unpaired) electrons. The van der Waals surface area contributed by atoms with Crippen LogP contribution in [-0.2, 0) is 11.2 Å². The van der Waals surface area contributed by atoms with Crippen LogP contribution < -0.4 is 0 Å². The van der Waals surface area contributed by atoms with Crippen LogP contribution in [0.2, 0.25) is 0 Å². The maximum Gasteiger partial charge on any atom is 0.131 e. The second kappa shape index (κ2) is 6.79. The molecule has 0 aliphatic heterocycles. The monoisotopic (exact) mass is 318 g/mol. The zero-order chi connectivity index (χ0) is 17.2. The molecular weight excluding hydrogens is 294 g/mol. The highest BCUT2D eigenvalue weighted by Gasteiger charge is 2.29. The number of hydrogen-bond acceptors (Lipinski definition) is 1. The first kappa shape index (κ1) is 17.6. The van der Waals surface area contributed by atoms with Crippen LogP contribution in [0, 0.1) is 17.0 Å². The first-order valence-electron chi connectivity index (χ1n) is 7.89. The van der Waals surface area contributed by atoms with E-state index in [0.717, 1.165) is 23.6 Å². The number of rotatable bonds is 4. The van der Waals surface area contributed by atoms with E-state index in [9.17, 15) is 8.78 Å². The molecule has 0 saturated carbocycles. The van der Waals surface area contributed by atoms with Gasteiger partial charge in [-0.2, -0.15) is 0 Å². The van der Waals surface area contributed by atoms with Crippen LogP contribution in [0.3, 0.4) is 0 Å². The average molecular weight is 318 g/mol. The van der Waals surface area contributed by atoms with Gasteiger partial charge in [0.25, 0.3) is 0 Å². The van der Waals surface area contributed by atoms with Crippen LogP contribution in [0.5, 0.6) is 0 Å². The Balaban J connectivity index is 2.71. The van der Waals surface area contributed by atoms with E-state index in [1.54, 1.807) is 7.11 Å². The third-order valence-corrected chi connectivity index (χ3v) is 4.05. The highest BCUT2D eigenvalue weighted by molar-refractivity contribution is 5.69. The predicted molar refractivity (Wildman–Crippen MR) is 90.4 cm³/mol. The molecule has 2 rings (SSSR count). The Bertz CT molecular complexity index is 687. The average Bonchev–Trinajstić information content (AvgIpc) is 2.49. The Hall–Kier alpha value is -1.74. The van der Waals surface area contributed by atoms with Crippen molar-refractivity contribution >= 4 is 0 Å². The molecule has 1 nitrogen and oxygen atoms in total. The topological polar surface area (TPSA) is 9.23 Å². The van der Waals surface area contributed by atoms with E-state index in [1.165, 1.54) is 12.1 Å². The van der Waals surface area contributed by atoms with Gasteiger partial charge in [-0.1, -0.05) is 45.9 Å². The minimum Gasteiger partial charge on any atom is -0.376 e. The minimum atomic E-state index is -0.448.